The molecule has 0 aromatic heterocycles. The van der Waals surface area contributed by atoms with Crippen molar-refractivity contribution < 1.29 is 39.9 Å². The number of phenols is 1. The fourth-order valence-electron chi connectivity index (χ4n) is 2.53. The summed E-state index contributed by atoms with van der Waals surface area (Å²) in [5.41, 5.74) is -3.70. The number of halogens is 6. The van der Waals surface area contributed by atoms with E-state index in [2.05, 4.69) is 0 Å². The molecule has 0 radical (unpaired) electrons. The molecule has 2 rings (SSSR count). The number of hydrogen-bond donors (Lipinski definition) is 2. The standard InChI is InChI=1S/C19H19F6NO3S/c1-4-17(2,3)11-5-6-16(27)15(10-11)26-30(28,29)14-8-12(18(20,21)22)7-13(9-14)19(23,24)25/h5-10,26-27H,4H2,1-3H3. The summed E-state index contributed by atoms with van der Waals surface area (Å²) in [5.74, 6) is -0.530. The Hall–Kier alpha value is -2.43. The highest BCUT2D eigenvalue weighted by Crippen LogP contribution is 2.38. The molecule has 0 saturated carbocycles. The first-order valence-electron chi connectivity index (χ1n) is 8.63. The van der Waals surface area contributed by atoms with Crippen LogP contribution in [0.2, 0.25) is 0 Å². The second kappa shape index (κ2) is 7.68. The minimum Gasteiger partial charge on any atom is -0.506 e. The molecule has 30 heavy (non-hydrogen) atoms. The Morgan fingerprint density at radius 3 is 1.80 bits per heavy atom. The summed E-state index contributed by atoms with van der Waals surface area (Å²) in [6.45, 7) is 5.57. The molecule has 2 N–H and O–H groups in total. The number of sulfonamides is 1. The predicted octanol–water partition coefficient (Wildman–Crippen LogP) is 5.92. The highest BCUT2D eigenvalue weighted by Gasteiger charge is 2.38. The van der Waals surface area contributed by atoms with Gasteiger partial charge in [-0.05, 0) is 47.7 Å². The van der Waals surface area contributed by atoms with Crippen molar-refractivity contribution in [1.82, 2.24) is 0 Å². The van der Waals surface area contributed by atoms with E-state index >= 15 is 0 Å². The molecule has 0 aliphatic rings. The summed E-state index contributed by atoms with van der Waals surface area (Å²) in [6, 6.07) is 4.07. The second-order valence-corrected chi connectivity index (χ2v) is 9.00. The Balaban J connectivity index is 2.59. The summed E-state index contributed by atoms with van der Waals surface area (Å²) in [5, 5.41) is 9.96. The third kappa shape index (κ3) is 5.18. The van der Waals surface area contributed by atoms with Gasteiger partial charge in [-0.1, -0.05) is 26.8 Å². The van der Waals surface area contributed by atoms with E-state index < -0.39 is 49.6 Å². The minimum absolute atomic E-state index is 0.106. The van der Waals surface area contributed by atoms with Crippen LogP contribution in [0.4, 0.5) is 32.0 Å². The van der Waals surface area contributed by atoms with E-state index in [1.165, 1.54) is 12.1 Å². The monoisotopic (exact) mass is 455 g/mol. The maximum Gasteiger partial charge on any atom is 0.416 e. The van der Waals surface area contributed by atoms with Crippen molar-refractivity contribution in [1.29, 1.82) is 0 Å². The lowest BCUT2D eigenvalue weighted by molar-refractivity contribution is -0.143. The Morgan fingerprint density at radius 2 is 1.37 bits per heavy atom. The maximum atomic E-state index is 13.0. The average Bonchev–Trinajstić information content (AvgIpc) is 2.61. The van der Waals surface area contributed by atoms with Gasteiger partial charge in [-0.15, -0.1) is 0 Å². The Labute approximate surface area is 169 Å². The molecule has 0 unspecified atom stereocenters. The lowest BCUT2D eigenvalue weighted by Crippen LogP contribution is -2.19. The van der Waals surface area contributed by atoms with Gasteiger partial charge in [0.05, 0.1) is 21.7 Å². The molecule has 0 aliphatic heterocycles. The zero-order chi connectivity index (χ0) is 23.1. The minimum atomic E-state index is -5.20. The summed E-state index contributed by atoms with van der Waals surface area (Å²) in [6.07, 6.45) is -9.75. The Morgan fingerprint density at radius 1 is 0.867 bits per heavy atom. The second-order valence-electron chi connectivity index (χ2n) is 7.32. The molecule has 2 aromatic rings. The topological polar surface area (TPSA) is 66.4 Å². The lowest BCUT2D eigenvalue weighted by Gasteiger charge is -2.24. The van der Waals surface area contributed by atoms with Gasteiger partial charge in [-0.2, -0.15) is 26.3 Å². The van der Waals surface area contributed by atoms with Crippen LogP contribution in [0.5, 0.6) is 5.75 Å². The number of benzene rings is 2. The van der Waals surface area contributed by atoms with Gasteiger partial charge in [-0.3, -0.25) is 4.72 Å². The van der Waals surface area contributed by atoms with E-state index in [0.717, 1.165) is 0 Å². The Kier molecular flexibility index (Phi) is 6.10. The lowest BCUT2D eigenvalue weighted by atomic mass is 9.82. The molecule has 0 fully saturated rings. The van der Waals surface area contributed by atoms with Crippen molar-refractivity contribution in [3.05, 3.63) is 53.1 Å². The van der Waals surface area contributed by atoms with Crippen LogP contribution < -0.4 is 4.72 Å². The van der Waals surface area contributed by atoms with Crippen LogP contribution in [0.3, 0.4) is 0 Å². The van der Waals surface area contributed by atoms with E-state index in [4.69, 9.17) is 0 Å². The van der Waals surface area contributed by atoms with Crippen molar-refractivity contribution in [2.45, 2.75) is 49.9 Å². The molecule has 0 aliphatic carbocycles. The molecule has 2 aromatic carbocycles. The van der Waals surface area contributed by atoms with Crippen LogP contribution in [0.1, 0.15) is 43.9 Å². The van der Waals surface area contributed by atoms with Gasteiger partial charge < -0.3 is 5.11 Å². The Bertz CT molecular complexity index is 1010. The van der Waals surface area contributed by atoms with Crippen LogP contribution in [0.15, 0.2) is 41.3 Å². The largest absolute Gasteiger partial charge is 0.506 e. The normalized spacial score (nSPS) is 13.4. The molecule has 166 valence electrons. The molecule has 0 amide bonds. The molecule has 0 spiro atoms. The van der Waals surface area contributed by atoms with Crippen LogP contribution in [-0.2, 0) is 27.8 Å². The third-order valence-corrected chi connectivity index (χ3v) is 6.12. The van der Waals surface area contributed by atoms with Gasteiger partial charge >= 0.3 is 12.4 Å². The number of nitrogens with one attached hydrogen (secondary N) is 1. The van der Waals surface area contributed by atoms with E-state index in [1.54, 1.807) is 6.07 Å². The van der Waals surface area contributed by atoms with Crippen LogP contribution in [0.25, 0.3) is 0 Å². The SMILES string of the molecule is CCC(C)(C)c1ccc(O)c(NS(=O)(=O)c2cc(C(F)(F)F)cc(C(F)(F)F)c2)c1. The van der Waals surface area contributed by atoms with Gasteiger partial charge in [0.25, 0.3) is 10.0 Å². The van der Waals surface area contributed by atoms with Gasteiger partial charge in [0.1, 0.15) is 5.75 Å². The summed E-state index contributed by atoms with van der Waals surface area (Å²) in [4.78, 5) is -1.23. The zero-order valence-corrected chi connectivity index (χ0v) is 16.9. The maximum absolute atomic E-state index is 13.0. The number of rotatable bonds is 5. The van der Waals surface area contributed by atoms with E-state index in [0.29, 0.717) is 12.0 Å². The number of alkyl halides is 6. The highest BCUT2D eigenvalue weighted by atomic mass is 32.2. The summed E-state index contributed by atoms with van der Waals surface area (Å²) < 4.78 is 105. The molecule has 4 nitrogen and oxygen atoms in total. The zero-order valence-electron chi connectivity index (χ0n) is 16.1. The van der Waals surface area contributed by atoms with Crippen molar-refractivity contribution in [2.75, 3.05) is 4.72 Å². The molecule has 0 atom stereocenters. The van der Waals surface area contributed by atoms with Gasteiger partial charge in [-0.25, -0.2) is 8.42 Å². The van der Waals surface area contributed by atoms with Gasteiger partial charge in [0.2, 0.25) is 0 Å². The van der Waals surface area contributed by atoms with Gasteiger partial charge in [0.15, 0.2) is 0 Å². The van der Waals surface area contributed by atoms with E-state index in [-0.39, 0.29) is 23.9 Å². The number of anilines is 1. The first-order chi connectivity index (χ1) is 13.5. The predicted molar refractivity (Wildman–Crippen MR) is 98.7 cm³/mol. The number of phenolic OH excluding ortho intramolecular Hbond substituents is 1. The average molecular weight is 455 g/mol. The third-order valence-electron chi connectivity index (χ3n) is 4.78. The summed E-state index contributed by atoms with van der Waals surface area (Å²) >= 11 is 0. The number of aromatic hydroxyl groups is 1. The van der Waals surface area contributed by atoms with E-state index in [1.807, 2.05) is 25.5 Å². The molecular weight excluding hydrogens is 436 g/mol. The molecule has 0 heterocycles. The van der Waals surface area contributed by atoms with Crippen molar-refractivity contribution in [3.8, 4) is 5.75 Å². The fourth-order valence-corrected chi connectivity index (χ4v) is 3.66. The van der Waals surface area contributed by atoms with Crippen LogP contribution in [-0.4, -0.2) is 13.5 Å². The van der Waals surface area contributed by atoms with Crippen molar-refractivity contribution in [3.63, 3.8) is 0 Å². The summed E-state index contributed by atoms with van der Waals surface area (Å²) in [7, 11) is -4.88. The number of hydrogen-bond acceptors (Lipinski definition) is 3. The highest BCUT2D eigenvalue weighted by molar-refractivity contribution is 7.92. The van der Waals surface area contributed by atoms with Crippen molar-refractivity contribution >= 4 is 15.7 Å². The molecule has 0 saturated heterocycles. The van der Waals surface area contributed by atoms with Crippen LogP contribution in [0, 0.1) is 0 Å². The molecular formula is C19H19F6NO3S. The first kappa shape index (κ1) is 23.8. The fraction of sp³-hybridized carbons (Fsp3) is 0.368. The molecule has 0 bridgehead atoms. The van der Waals surface area contributed by atoms with E-state index in [9.17, 15) is 39.9 Å². The smallest absolute Gasteiger partial charge is 0.416 e. The quantitative estimate of drug-likeness (QED) is 0.435. The first-order valence-corrected chi connectivity index (χ1v) is 10.1. The van der Waals surface area contributed by atoms with Gasteiger partial charge in [0, 0.05) is 0 Å². The van der Waals surface area contributed by atoms with Crippen molar-refractivity contribution in [2.24, 2.45) is 0 Å². The molecule has 11 heteroatoms. The van der Waals surface area contributed by atoms with Crippen LogP contribution >= 0.6 is 0 Å².